The molecule has 35 heavy (non-hydrogen) atoms. The van der Waals surface area contributed by atoms with E-state index in [1.165, 1.54) is 18.3 Å². The summed E-state index contributed by atoms with van der Waals surface area (Å²) in [6.45, 7) is 16.9. The second kappa shape index (κ2) is 9.59. The van der Waals surface area contributed by atoms with Crippen LogP contribution in [0.1, 0.15) is 29.3 Å². The van der Waals surface area contributed by atoms with E-state index in [0.29, 0.717) is 22.5 Å². The number of carbonyl (C=O) groups is 1. The van der Waals surface area contributed by atoms with Crippen molar-refractivity contribution >= 4 is 55.5 Å². The summed E-state index contributed by atoms with van der Waals surface area (Å²) < 4.78 is 27.0. The average molecular weight is 504 g/mol. The van der Waals surface area contributed by atoms with Crippen LogP contribution < -0.4 is 4.72 Å². The molecule has 0 spiro atoms. The Morgan fingerprint density at radius 2 is 1.86 bits per heavy atom. The van der Waals surface area contributed by atoms with Gasteiger partial charge in [0.15, 0.2) is 11.5 Å². The van der Waals surface area contributed by atoms with Gasteiger partial charge in [-0.3, -0.25) is 9.52 Å². The monoisotopic (exact) mass is 503 g/mol. The number of aromatic amines is 1. The summed E-state index contributed by atoms with van der Waals surface area (Å²) in [7, 11) is -3.71. The third kappa shape index (κ3) is 4.73. The van der Waals surface area contributed by atoms with Gasteiger partial charge in [0.2, 0.25) is 15.7 Å². The lowest BCUT2D eigenvalue weighted by molar-refractivity contribution is 0.104. The van der Waals surface area contributed by atoms with Crippen LogP contribution in [0, 0.1) is 13.1 Å². The van der Waals surface area contributed by atoms with E-state index in [-0.39, 0.29) is 33.9 Å². The van der Waals surface area contributed by atoms with Crippen LogP contribution in [0.3, 0.4) is 0 Å². The molecule has 0 atom stereocenters. The van der Waals surface area contributed by atoms with Gasteiger partial charge < -0.3 is 4.98 Å². The van der Waals surface area contributed by atoms with Crippen LogP contribution >= 0.6 is 11.6 Å². The lowest BCUT2D eigenvalue weighted by Crippen LogP contribution is -2.16. The minimum Gasteiger partial charge on any atom is -0.345 e. The van der Waals surface area contributed by atoms with Gasteiger partial charge in [0.1, 0.15) is 5.65 Å². The van der Waals surface area contributed by atoms with E-state index >= 15 is 0 Å². The van der Waals surface area contributed by atoms with Crippen LogP contribution in [-0.4, -0.2) is 29.9 Å². The van der Waals surface area contributed by atoms with Gasteiger partial charge in [0.25, 0.3) is 0 Å². The molecule has 0 saturated heterocycles. The molecule has 0 saturated carbocycles. The number of hydrogen-bond acceptors (Lipinski definition) is 4. The lowest BCUT2D eigenvalue weighted by Gasteiger charge is -2.13. The highest BCUT2D eigenvalue weighted by atomic mass is 35.5. The predicted molar refractivity (Wildman–Crippen MR) is 137 cm³/mol. The van der Waals surface area contributed by atoms with Gasteiger partial charge >= 0.3 is 0 Å². The Labute approximate surface area is 207 Å². The topological polar surface area (TPSA) is 101 Å². The van der Waals surface area contributed by atoms with Crippen molar-refractivity contribution in [3.8, 4) is 11.1 Å². The maximum atomic E-state index is 13.7. The largest absolute Gasteiger partial charge is 0.345 e. The Balaban J connectivity index is 1.86. The minimum atomic E-state index is -3.71. The highest BCUT2D eigenvalue weighted by molar-refractivity contribution is 7.92. The van der Waals surface area contributed by atoms with Crippen molar-refractivity contribution in [2.45, 2.75) is 13.3 Å². The number of aromatic nitrogens is 2. The molecule has 0 fully saturated rings. The van der Waals surface area contributed by atoms with Crippen molar-refractivity contribution < 1.29 is 13.2 Å². The van der Waals surface area contributed by atoms with Gasteiger partial charge in [-0.15, -0.1) is 0 Å². The molecule has 8 nitrogen and oxygen atoms in total. The molecule has 2 aromatic heterocycles. The van der Waals surface area contributed by atoms with E-state index in [9.17, 15) is 13.2 Å². The first-order valence-corrected chi connectivity index (χ1v) is 12.5. The first-order chi connectivity index (χ1) is 16.8. The molecule has 174 valence electrons. The molecule has 0 radical (unpaired) electrons. The molecular formula is C25H18ClN5O3S. The third-order valence-corrected chi connectivity index (χ3v) is 7.04. The molecular weight excluding hydrogens is 486 g/mol. The Morgan fingerprint density at radius 3 is 2.51 bits per heavy atom. The Morgan fingerprint density at radius 1 is 1.11 bits per heavy atom. The molecule has 0 bridgehead atoms. The number of nitrogens with zero attached hydrogens (tertiary/aromatic N) is 3. The third-order valence-electron chi connectivity index (χ3n) is 5.31. The number of ketones is 1. The van der Waals surface area contributed by atoms with Crippen LogP contribution in [-0.2, 0) is 10.0 Å². The fourth-order valence-corrected chi connectivity index (χ4v) is 4.97. The van der Waals surface area contributed by atoms with Crippen LogP contribution in [0.2, 0.25) is 5.02 Å². The maximum absolute atomic E-state index is 13.7. The zero-order valence-electron chi connectivity index (χ0n) is 18.5. The number of nitrogens with one attached hydrogen (secondary N) is 2. The molecule has 2 aromatic carbocycles. The fraction of sp³-hybridized carbons (Fsp3) is 0.120. The zero-order valence-corrected chi connectivity index (χ0v) is 20.0. The van der Waals surface area contributed by atoms with E-state index in [2.05, 4.69) is 24.4 Å². The van der Waals surface area contributed by atoms with Crippen molar-refractivity contribution in [2.75, 3.05) is 10.5 Å². The quantitative estimate of drug-likeness (QED) is 0.226. The molecule has 10 heteroatoms. The number of sulfonamides is 1. The summed E-state index contributed by atoms with van der Waals surface area (Å²) in [4.78, 5) is 27.9. The van der Waals surface area contributed by atoms with E-state index in [4.69, 9.17) is 24.7 Å². The second-order valence-electron chi connectivity index (χ2n) is 7.66. The normalized spacial score (nSPS) is 11.1. The summed E-state index contributed by atoms with van der Waals surface area (Å²) >= 11 is 5.98. The van der Waals surface area contributed by atoms with Crippen molar-refractivity contribution in [3.63, 3.8) is 0 Å². The Kier molecular flexibility index (Phi) is 6.57. The van der Waals surface area contributed by atoms with Crippen molar-refractivity contribution in [1.82, 2.24) is 9.97 Å². The van der Waals surface area contributed by atoms with Gasteiger partial charge in [-0.05, 0) is 30.2 Å². The summed E-state index contributed by atoms with van der Waals surface area (Å²) in [5.74, 6) is -0.722. The van der Waals surface area contributed by atoms with E-state index in [1.54, 1.807) is 31.3 Å². The first kappa shape index (κ1) is 24.0. The van der Waals surface area contributed by atoms with Crippen LogP contribution in [0.25, 0.3) is 31.9 Å². The average Bonchev–Trinajstić information content (AvgIpc) is 3.26. The Hall–Kier alpha value is -4.18. The second-order valence-corrected chi connectivity index (χ2v) is 9.94. The number of anilines is 1. The molecule has 4 rings (SSSR count). The smallest absolute Gasteiger partial charge is 0.231 e. The number of halogens is 1. The van der Waals surface area contributed by atoms with Gasteiger partial charge in [0, 0.05) is 39.5 Å². The highest BCUT2D eigenvalue weighted by Gasteiger charge is 2.25. The maximum Gasteiger partial charge on any atom is 0.231 e. The van der Waals surface area contributed by atoms with Gasteiger partial charge in [-0.25, -0.2) is 23.1 Å². The van der Waals surface area contributed by atoms with E-state index in [1.807, 2.05) is 12.1 Å². The van der Waals surface area contributed by atoms with E-state index < -0.39 is 15.8 Å². The number of H-pyrrole nitrogens is 1. The van der Waals surface area contributed by atoms with Crippen LogP contribution in [0.4, 0.5) is 17.1 Å². The molecule has 0 aliphatic heterocycles. The van der Waals surface area contributed by atoms with Crippen LogP contribution in [0.15, 0.2) is 54.9 Å². The first-order valence-electron chi connectivity index (χ1n) is 10.5. The SMILES string of the molecule is [C-]#[N+]c1ccc(NS(=O)(=O)CCC)c([N+]#[C-])c1C(=O)c1c[nH]c2ncc(-c3ccc(Cl)cc3)cc12. The summed E-state index contributed by atoms with van der Waals surface area (Å²) in [6, 6.07) is 11.6. The lowest BCUT2D eigenvalue weighted by atomic mass is 9.98. The number of rotatable bonds is 7. The molecule has 4 aromatic rings. The van der Waals surface area contributed by atoms with Crippen molar-refractivity contribution in [1.29, 1.82) is 0 Å². The minimum absolute atomic E-state index is 0.0379. The van der Waals surface area contributed by atoms with Crippen molar-refractivity contribution in [3.05, 3.63) is 93.8 Å². The number of benzene rings is 2. The number of carbonyl (C=O) groups excluding carboxylic acids is 1. The number of hydrogen-bond donors (Lipinski definition) is 2. The number of fused-ring (bicyclic) bond motifs is 1. The fourth-order valence-electron chi connectivity index (χ4n) is 3.71. The molecule has 0 aliphatic rings. The van der Waals surface area contributed by atoms with Crippen LogP contribution in [0.5, 0.6) is 0 Å². The van der Waals surface area contributed by atoms with Crippen molar-refractivity contribution in [2.24, 2.45) is 0 Å². The summed E-state index contributed by atoms with van der Waals surface area (Å²) in [6.07, 6.45) is 3.52. The van der Waals surface area contributed by atoms with Gasteiger partial charge in [-0.1, -0.05) is 42.8 Å². The highest BCUT2D eigenvalue weighted by Crippen LogP contribution is 2.39. The molecule has 2 N–H and O–H groups in total. The zero-order chi connectivity index (χ0) is 25.2. The van der Waals surface area contributed by atoms with Gasteiger partial charge in [0.05, 0.1) is 24.6 Å². The number of pyridine rings is 1. The standard InChI is InChI=1S/C25H18ClN5O3S/c1-4-11-35(33,34)31-21-10-9-20(27-2)22(23(21)28-3)24(32)19-14-30-25-18(19)12-16(13-29-25)15-5-7-17(26)8-6-15/h5-10,12-14,31H,4,11H2,1H3,(H,29,30). The van der Waals surface area contributed by atoms with Gasteiger partial charge in [-0.2, -0.15) is 0 Å². The molecule has 0 unspecified atom stereocenters. The molecule has 2 heterocycles. The Bertz CT molecular complexity index is 1650. The molecule has 0 amide bonds. The van der Waals surface area contributed by atoms with E-state index in [0.717, 1.165) is 11.1 Å². The molecule has 0 aliphatic carbocycles. The predicted octanol–water partition coefficient (Wildman–Crippen LogP) is 6.37. The summed E-state index contributed by atoms with van der Waals surface area (Å²) in [5, 5.41) is 1.10. The summed E-state index contributed by atoms with van der Waals surface area (Å²) in [5.41, 5.74) is 1.80.